The summed E-state index contributed by atoms with van der Waals surface area (Å²) in [5.41, 5.74) is 0. The van der Waals surface area contributed by atoms with E-state index in [2.05, 4.69) is 12.2 Å². The number of carbonyl (C=O) groups excluding carboxylic acids is 1. The molecular formula is C28H53NO12. The summed E-state index contributed by atoms with van der Waals surface area (Å²) in [5.74, 6) is -0.101. The molecule has 2 aliphatic rings. The summed E-state index contributed by atoms with van der Waals surface area (Å²) in [5, 5.41) is 73.1. The largest absolute Gasteiger partial charge is 0.394 e. The van der Waals surface area contributed by atoms with Gasteiger partial charge in [0.15, 0.2) is 12.6 Å². The van der Waals surface area contributed by atoms with Crippen LogP contribution in [0.2, 0.25) is 0 Å². The van der Waals surface area contributed by atoms with Crippen LogP contribution >= 0.6 is 0 Å². The first kappa shape index (κ1) is 36.2. The quantitative estimate of drug-likeness (QED) is 0.0834. The van der Waals surface area contributed by atoms with E-state index in [-0.39, 0.29) is 19.1 Å². The van der Waals surface area contributed by atoms with Crippen LogP contribution in [0.5, 0.6) is 0 Å². The fourth-order valence-electron chi connectivity index (χ4n) is 5.10. The maximum atomic E-state index is 12.1. The third-order valence-electron chi connectivity index (χ3n) is 7.67. The molecule has 10 atom stereocenters. The molecule has 13 nitrogen and oxygen atoms in total. The lowest BCUT2D eigenvalue weighted by Crippen LogP contribution is -2.64. The third kappa shape index (κ3) is 11.9. The molecule has 2 saturated heterocycles. The van der Waals surface area contributed by atoms with E-state index in [0.717, 1.165) is 19.3 Å². The van der Waals surface area contributed by atoms with Crippen LogP contribution < -0.4 is 5.32 Å². The van der Waals surface area contributed by atoms with Crippen molar-refractivity contribution in [2.75, 3.05) is 26.4 Å². The molecular weight excluding hydrogens is 542 g/mol. The number of unbranched alkanes of at least 4 members (excludes halogenated alkanes) is 10. The normalized spacial score (nSPS) is 34.0. The van der Waals surface area contributed by atoms with Gasteiger partial charge in [-0.1, -0.05) is 71.1 Å². The van der Waals surface area contributed by atoms with Gasteiger partial charge in [-0.15, -0.1) is 0 Å². The molecule has 2 fully saturated rings. The monoisotopic (exact) mass is 595 g/mol. The zero-order valence-electron chi connectivity index (χ0n) is 24.3. The lowest BCUT2D eigenvalue weighted by molar-refractivity contribution is -0.359. The highest BCUT2D eigenvalue weighted by Crippen LogP contribution is 2.29. The minimum absolute atomic E-state index is 0.0190. The second-order valence-corrected chi connectivity index (χ2v) is 11.0. The molecule has 0 aliphatic carbocycles. The summed E-state index contributed by atoms with van der Waals surface area (Å²) in [6.45, 7) is 1.04. The molecule has 0 spiro atoms. The van der Waals surface area contributed by atoms with E-state index < -0.39 is 74.6 Å². The Labute approximate surface area is 242 Å². The van der Waals surface area contributed by atoms with Gasteiger partial charge in [0.05, 0.1) is 19.8 Å². The van der Waals surface area contributed by atoms with E-state index in [9.17, 15) is 40.5 Å². The van der Waals surface area contributed by atoms with Gasteiger partial charge in [0.2, 0.25) is 5.91 Å². The number of hydrogen-bond donors (Lipinski definition) is 8. The van der Waals surface area contributed by atoms with Gasteiger partial charge in [-0.25, -0.2) is 0 Å². The average Bonchev–Trinajstić information content (AvgIpc) is 2.97. The number of amides is 1. The van der Waals surface area contributed by atoms with Crippen LogP contribution in [0.15, 0.2) is 0 Å². The fraction of sp³-hybridized carbons (Fsp3) is 0.964. The molecule has 242 valence electrons. The molecule has 0 aromatic carbocycles. The molecule has 2 rings (SSSR count). The summed E-state index contributed by atoms with van der Waals surface area (Å²) in [7, 11) is 0. The molecule has 41 heavy (non-hydrogen) atoms. The van der Waals surface area contributed by atoms with Crippen molar-refractivity contribution in [3.8, 4) is 0 Å². The van der Waals surface area contributed by atoms with Crippen LogP contribution in [0, 0.1) is 0 Å². The van der Waals surface area contributed by atoms with Crippen molar-refractivity contribution in [1.29, 1.82) is 0 Å². The van der Waals surface area contributed by atoms with Crippen LogP contribution in [0.4, 0.5) is 0 Å². The van der Waals surface area contributed by atoms with Crippen molar-refractivity contribution in [3.05, 3.63) is 0 Å². The topological polar surface area (TPSA) is 208 Å². The summed E-state index contributed by atoms with van der Waals surface area (Å²) in [6, 6.07) is 0. The Morgan fingerprint density at radius 2 is 1.22 bits per heavy atom. The minimum atomic E-state index is -1.74. The first-order chi connectivity index (χ1) is 19.7. The number of carbonyl (C=O) groups is 1. The van der Waals surface area contributed by atoms with E-state index in [1.54, 1.807) is 0 Å². The zero-order chi connectivity index (χ0) is 30.2. The fourth-order valence-corrected chi connectivity index (χ4v) is 5.10. The van der Waals surface area contributed by atoms with E-state index in [1.807, 2.05) is 0 Å². The second-order valence-electron chi connectivity index (χ2n) is 11.0. The number of aliphatic hydroxyl groups excluding tert-OH is 7. The lowest BCUT2D eigenvalue weighted by Gasteiger charge is -2.45. The Morgan fingerprint density at radius 1 is 0.683 bits per heavy atom. The maximum Gasteiger partial charge on any atom is 0.220 e. The molecule has 0 bridgehead atoms. The SMILES string of the molecule is CCCCCCCCCCCCCC(=O)NCCO[C@@H]1O[C@H](CO)[C@@H](O[C@@H]2O[C@H](CO)[C@H](O)[C@H](O)[C@H]2O)[C@H](O)[C@H]1O. The molecule has 0 radical (unpaired) electrons. The van der Waals surface area contributed by atoms with Crippen molar-refractivity contribution in [3.63, 3.8) is 0 Å². The van der Waals surface area contributed by atoms with E-state index >= 15 is 0 Å². The van der Waals surface area contributed by atoms with Gasteiger partial charge in [0, 0.05) is 13.0 Å². The van der Waals surface area contributed by atoms with Crippen molar-refractivity contribution in [2.45, 2.75) is 145 Å². The molecule has 13 heteroatoms. The smallest absolute Gasteiger partial charge is 0.220 e. The molecule has 8 N–H and O–H groups in total. The van der Waals surface area contributed by atoms with Gasteiger partial charge in [-0.05, 0) is 6.42 Å². The van der Waals surface area contributed by atoms with Crippen LogP contribution in [0.3, 0.4) is 0 Å². The first-order valence-electron chi connectivity index (χ1n) is 15.2. The highest BCUT2D eigenvalue weighted by molar-refractivity contribution is 5.75. The number of aliphatic hydroxyl groups is 7. The van der Waals surface area contributed by atoms with Gasteiger partial charge in [-0.2, -0.15) is 0 Å². The molecule has 0 aromatic heterocycles. The van der Waals surface area contributed by atoms with Gasteiger partial charge in [-0.3, -0.25) is 4.79 Å². The predicted molar refractivity (Wildman–Crippen MR) is 146 cm³/mol. The molecule has 0 saturated carbocycles. The predicted octanol–water partition coefficient (Wildman–Crippen LogP) is -0.556. The summed E-state index contributed by atoms with van der Waals surface area (Å²) < 4.78 is 21.8. The number of ether oxygens (including phenoxy) is 4. The highest BCUT2D eigenvalue weighted by Gasteiger charge is 2.50. The van der Waals surface area contributed by atoms with Gasteiger partial charge in [0.25, 0.3) is 0 Å². The zero-order valence-corrected chi connectivity index (χ0v) is 24.3. The van der Waals surface area contributed by atoms with Crippen molar-refractivity contribution in [2.24, 2.45) is 0 Å². The number of hydrogen-bond acceptors (Lipinski definition) is 12. The van der Waals surface area contributed by atoms with Gasteiger partial charge < -0.3 is 60.0 Å². The molecule has 1 amide bonds. The van der Waals surface area contributed by atoms with E-state index in [0.29, 0.717) is 6.42 Å². The molecule has 2 aliphatic heterocycles. The van der Waals surface area contributed by atoms with Gasteiger partial charge >= 0.3 is 0 Å². The van der Waals surface area contributed by atoms with Crippen molar-refractivity contribution >= 4 is 5.91 Å². The molecule has 2 heterocycles. The Bertz CT molecular complexity index is 699. The average molecular weight is 596 g/mol. The molecule has 0 unspecified atom stereocenters. The molecule has 0 aromatic rings. The first-order valence-corrected chi connectivity index (χ1v) is 15.2. The third-order valence-corrected chi connectivity index (χ3v) is 7.67. The van der Waals surface area contributed by atoms with Gasteiger partial charge in [0.1, 0.15) is 48.8 Å². The van der Waals surface area contributed by atoms with Crippen LogP contribution in [0.25, 0.3) is 0 Å². The standard InChI is InChI=1S/C28H53NO12/c1-2-3-4-5-6-7-8-9-10-11-12-13-20(32)29-14-15-38-27-25(37)23(35)26(19(17-31)40-27)41-28-24(36)22(34)21(33)18(16-30)39-28/h18-19,21-28,30-31,33-37H,2-17H2,1H3,(H,29,32)/t18-,19-,21+,22+,23-,24-,25-,26-,27-,28+/m1/s1. The Morgan fingerprint density at radius 3 is 1.80 bits per heavy atom. The van der Waals surface area contributed by atoms with Crippen LogP contribution in [0.1, 0.15) is 84.0 Å². The van der Waals surface area contributed by atoms with E-state index in [4.69, 9.17) is 18.9 Å². The van der Waals surface area contributed by atoms with Crippen LogP contribution in [-0.4, -0.2) is 129 Å². The number of nitrogens with one attached hydrogen (secondary N) is 1. The Hall–Kier alpha value is -0.970. The highest BCUT2D eigenvalue weighted by atomic mass is 16.7. The van der Waals surface area contributed by atoms with E-state index in [1.165, 1.54) is 51.4 Å². The maximum absolute atomic E-state index is 12.1. The summed E-state index contributed by atoms with van der Waals surface area (Å²) >= 11 is 0. The van der Waals surface area contributed by atoms with Crippen LogP contribution in [-0.2, 0) is 23.7 Å². The Kier molecular flexibility index (Phi) is 17.7. The summed E-state index contributed by atoms with van der Waals surface area (Å²) in [4.78, 5) is 12.1. The minimum Gasteiger partial charge on any atom is -0.394 e. The van der Waals surface area contributed by atoms with Crippen molar-refractivity contribution < 1.29 is 59.5 Å². The van der Waals surface area contributed by atoms with Crippen molar-refractivity contribution in [1.82, 2.24) is 5.32 Å². The summed E-state index contributed by atoms with van der Waals surface area (Å²) in [6.07, 6.45) is -1.42. The Balaban J connectivity index is 1.63. The number of rotatable bonds is 20. The lowest BCUT2D eigenvalue weighted by atomic mass is 9.97. The second kappa shape index (κ2) is 20.1.